The first-order chi connectivity index (χ1) is 15.2. The van der Waals surface area contributed by atoms with Gasteiger partial charge < -0.3 is 19.1 Å². The maximum absolute atomic E-state index is 13.5. The summed E-state index contributed by atoms with van der Waals surface area (Å²) in [5, 5.41) is 0.829. The number of hydrogen-bond acceptors (Lipinski definition) is 4. The molecule has 0 aliphatic carbocycles. The fraction of sp³-hybridized carbons (Fsp3) is 0.667. The summed E-state index contributed by atoms with van der Waals surface area (Å²) < 4.78 is 34.9. The summed E-state index contributed by atoms with van der Waals surface area (Å²) in [5.74, 6) is -2.21. The van der Waals surface area contributed by atoms with Crippen LogP contribution in [0.3, 0.4) is 0 Å². The van der Waals surface area contributed by atoms with Crippen LogP contribution in [0.15, 0.2) is 18.3 Å². The largest absolute Gasteiger partial charge is 0.492 e. The molecule has 1 atom stereocenters. The van der Waals surface area contributed by atoms with E-state index in [4.69, 9.17) is 4.74 Å². The minimum absolute atomic E-state index is 0.0133. The summed E-state index contributed by atoms with van der Waals surface area (Å²) in [6.07, 6.45) is 4.64. The molecule has 6 nitrogen and oxygen atoms in total. The number of piperidine rings is 1. The summed E-state index contributed by atoms with van der Waals surface area (Å²) in [6, 6.07) is 4.40. The molecule has 32 heavy (non-hydrogen) atoms. The number of carbonyl (C=O) groups excluding carboxylic acids is 1. The molecule has 2 saturated heterocycles. The van der Waals surface area contributed by atoms with Crippen LogP contribution in [0.1, 0.15) is 69.4 Å². The number of halogens is 2. The number of ether oxygens (including phenoxy) is 1. The Bertz CT molecular complexity index is 949. The van der Waals surface area contributed by atoms with Gasteiger partial charge in [0.25, 0.3) is 11.8 Å². The number of fused-ring (bicyclic) bond motifs is 1. The third kappa shape index (κ3) is 4.90. The second kappa shape index (κ2) is 9.33. The fourth-order valence-corrected chi connectivity index (χ4v) is 4.84. The zero-order valence-electron chi connectivity index (χ0n) is 19.3. The monoisotopic (exact) mass is 448 g/mol. The third-order valence-corrected chi connectivity index (χ3v) is 6.72. The molecule has 2 aliphatic heterocycles. The number of hydrogen-bond donors (Lipinski definition) is 0. The molecular formula is C24H34F2N4O2. The first-order valence-electron chi connectivity index (χ1n) is 11.8. The summed E-state index contributed by atoms with van der Waals surface area (Å²) >= 11 is 0. The molecule has 2 aromatic rings. The SMILES string of the molecule is CC1CCCN1CCCOc1cnc2c(c1)cc(C(=O)N1CCC(F)(F)CC1)n2C(C)C. The number of likely N-dealkylation sites (tertiary alicyclic amines) is 2. The van der Waals surface area contributed by atoms with Gasteiger partial charge >= 0.3 is 0 Å². The highest BCUT2D eigenvalue weighted by atomic mass is 19.3. The zero-order chi connectivity index (χ0) is 22.9. The first-order valence-corrected chi connectivity index (χ1v) is 11.8. The van der Waals surface area contributed by atoms with Crippen molar-refractivity contribution in [1.29, 1.82) is 0 Å². The van der Waals surface area contributed by atoms with Crippen LogP contribution in [0.2, 0.25) is 0 Å². The van der Waals surface area contributed by atoms with Crippen LogP contribution in [-0.2, 0) is 0 Å². The Morgan fingerprint density at radius 3 is 2.66 bits per heavy atom. The Morgan fingerprint density at radius 1 is 1.25 bits per heavy atom. The number of carbonyl (C=O) groups is 1. The Labute approximate surface area is 188 Å². The predicted molar refractivity (Wildman–Crippen MR) is 121 cm³/mol. The van der Waals surface area contributed by atoms with Crippen LogP contribution < -0.4 is 4.74 Å². The van der Waals surface area contributed by atoms with Crippen molar-refractivity contribution < 1.29 is 18.3 Å². The van der Waals surface area contributed by atoms with Crippen LogP contribution in [0.5, 0.6) is 5.75 Å². The Balaban J connectivity index is 1.45. The highest BCUT2D eigenvalue weighted by molar-refractivity contribution is 5.98. The van der Waals surface area contributed by atoms with E-state index in [1.54, 1.807) is 6.20 Å². The molecule has 0 aromatic carbocycles. The summed E-state index contributed by atoms with van der Waals surface area (Å²) in [6.45, 7) is 9.23. The quantitative estimate of drug-likeness (QED) is 0.574. The smallest absolute Gasteiger partial charge is 0.270 e. The van der Waals surface area contributed by atoms with Gasteiger partial charge in [0, 0.05) is 49.9 Å². The van der Waals surface area contributed by atoms with Gasteiger partial charge in [-0.2, -0.15) is 0 Å². The molecule has 0 N–H and O–H groups in total. The van der Waals surface area contributed by atoms with E-state index in [0.717, 1.165) is 18.4 Å². The summed E-state index contributed by atoms with van der Waals surface area (Å²) in [4.78, 5) is 21.8. The van der Waals surface area contributed by atoms with Crippen LogP contribution in [0, 0.1) is 0 Å². The molecule has 1 unspecified atom stereocenters. The van der Waals surface area contributed by atoms with E-state index >= 15 is 0 Å². The lowest BCUT2D eigenvalue weighted by Gasteiger charge is -2.32. The van der Waals surface area contributed by atoms with Crippen LogP contribution in [-0.4, -0.2) is 70.0 Å². The van der Waals surface area contributed by atoms with Gasteiger partial charge in [-0.25, -0.2) is 13.8 Å². The van der Waals surface area contributed by atoms with Crippen LogP contribution >= 0.6 is 0 Å². The van der Waals surface area contributed by atoms with E-state index < -0.39 is 5.92 Å². The molecule has 2 aliphatic rings. The number of pyridine rings is 1. The minimum atomic E-state index is -2.68. The molecule has 4 heterocycles. The first kappa shape index (κ1) is 23.0. The van der Waals surface area contributed by atoms with Crippen molar-refractivity contribution in [2.24, 2.45) is 0 Å². The maximum atomic E-state index is 13.5. The molecule has 0 spiro atoms. The van der Waals surface area contributed by atoms with Gasteiger partial charge in [0.15, 0.2) is 0 Å². The van der Waals surface area contributed by atoms with E-state index in [1.807, 2.05) is 30.5 Å². The van der Waals surface area contributed by atoms with E-state index in [0.29, 0.717) is 29.7 Å². The number of nitrogens with zero attached hydrogens (tertiary/aromatic N) is 4. The Morgan fingerprint density at radius 2 is 2.00 bits per heavy atom. The second-order valence-electron chi connectivity index (χ2n) is 9.45. The van der Waals surface area contributed by atoms with Crippen LogP contribution in [0.25, 0.3) is 11.0 Å². The second-order valence-corrected chi connectivity index (χ2v) is 9.45. The lowest BCUT2D eigenvalue weighted by atomic mass is 10.1. The standard InChI is InChI=1S/C24H34F2N4O2/c1-17(2)30-21(23(31)29-11-7-24(25,26)8-12-29)15-19-14-20(16-27-22(19)30)32-13-5-10-28-9-4-6-18(28)3/h14-18H,4-13H2,1-3H3. The number of alkyl halides is 2. The number of aromatic nitrogens is 2. The molecule has 0 radical (unpaired) electrons. The van der Waals surface area contributed by atoms with E-state index in [-0.39, 0.29) is 37.9 Å². The van der Waals surface area contributed by atoms with Gasteiger partial charge in [-0.05, 0) is 58.7 Å². The van der Waals surface area contributed by atoms with Crippen molar-refractivity contribution in [1.82, 2.24) is 19.4 Å². The number of amides is 1. The van der Waals surface area contributed by atoms with Gasteiger partial charge in [-0.1, -0.05) is 0 Å². The molecule has 8 heteroatoms. The van der Waals surface area contributed by atoms with Crippen molar-refractivity contribution in [2.45, 2.75) is 70.9 Å². The minimum Gasteiger partial charge on any atom is -0.492 e. The average Bonchev–Trinajstić information content (AvgIpc) is 3.33. The predicted octanol–water partition coefficient (Wildman–Crippen LogP) is 4.74. The summed E-state index contributed by atoms with van der Waals surface area (Å²) in [7, 11) is 0. The highest BCUT2D eigenvalue weighted by Gasteiger charge is 2.36. The van der Waals surface area contributed by atoms with E-state index in [1.165, 1.54) is 24.3 Å². The molecule has 2 aromatic heterocycles. The van der Waals surface area contributed by atoms with Crippen molar-refractivity contribution >= 4 is 16.9 Å². The lowest BCUT2D eigenvalue weighted by molar-refractivity contribution is -0.0495. The van der Waals surface area contributed by atoms with Gasteiger partial charge in [-0.15, -0.1) is 0 Å². The van der Waals surface area contributed by atoms with Gasteiger partial charge in [-0.3, -0.25) is 4.79 Å². The average molecular weight is 449 g/mol. The van der Waals surface area contributed by atoms with Crippen molar-refractivity contribution in [3.8, 4) is 5.75 Å². The fourth-order valence-electron chi connectivity index (χ4n) is 4.84. The van der Waals surface area contributed by atoms with Crippen molar-refractivity contribution in [2.75, 3.05) is 32.8 Å². The molecule has 0 bridgehead atoms. The van der Waals surface area contributed by atoms with Gasteiger partial charge in [0.1, 0.15) is 17.1 Å². The normalized spacial score (nSPS) is 21.6. The number of rotatable bonds is 7. The van der Waals surface area contributed by atoms with Crippen molar-refractivity contribution in [3.63, 3.8) is 0 Å². The lowest BCUT2D eigenvalue weighted by Crippen LogP contribution is -2.43. The molecule has 176 valence electrons. The maximum Gasteiger partial charge on any atom is 0.270 e. The molecule has 1 amide bonds. The topological polar surface area (TPSA) is 50.6 Å². The molecule has 2 fully saturated rings. The van der Waals surface area contributed by atoms with E-state index in [9.17, 15) is 13.6 Å². The zero-order valence-corrected chi connectivity index (χ0v) is 19.3. The third-order valence-electron chi connectivity index (χ3n) is 6.72. The van der Waals surface area contributed by atoms with Gasteiger partial charge in [0.05, 0.1) is 12.8 Å². The van der Waals surface area contributed by atoms with E-state index in [2.05, 4.69) is 16.8 Å². The van der Waals surface area contributed by atoms with Gasteiger partial charge in [0.2, 0.25) is 0 Å². The molecular weight excluding hydrogens is 414 g/mol. The molecule has 4 rings (SSSR count). The Kier molecular flexibility index (Phi) is 6.70. The van der Waals surface area contributed by atoms with Crippen molar-refractivity contribution in [3.05, 3.63) is 24.0 Å². The highest BCUT2D eigenvalue weighted by Crippen LogP contribution is 2.31. The summed E-state index contributed by atoms with van der Waals surface area (Å²) in [5.41, 5.74) is 1.21. The molecule has 0 saturated carbocycles. The Hall–Kier alpha value is -2.22. The van der Waals surface area contributed by atoms with Crippen LogP contribution in [0.4, 0.5) is 8.78 Å².